The summed E-state index contributed by atoms with van der Waals surface area (Å²) in [5, 5.41) is 129. The minimum absolute atomic E-state index is 0.0130. The van der Waals surface area contributed by atoms with Gasteiger partial charge in [0.2, 0.25) is 17.5 Å². The summed E-state index contributed by atoms with van der Waals surface area (Å²) in [4.78, 5) is 232. The molecule has 4 aromatic rings. The monoisotopic (exact) mass is 1790 g/mol. The number of Topliss-reactive ketones (excluding diaryl/α,β-unsaturated/α-hetero) is 2. The van der Waals surface area contributed by atoms with E-state index in [1.165, 1.54) is 57.5 Å². The van der Waals surface area contributed by atoms with Crippen molar-refractivity contribution in [3.8, 4) is 34.5 Å². The van der Waals surface area contributed by atoms with Gasteiger partial charge in [0, 0.05) is 166 Å². The number of rotatable bonds is 21. The van der Waals surface area contributed by atoms with Crippen LogP contribution in [0.4, 0.5) is 0 Å². The standard InChI is InChI=1S/C34H34N2O14.C27H29NO11.C11H10N2O6.C7H7NO4.C4H5NO3/c1-14-29(42)17(35-21(39)8-9-36-22(40)6-7-23(36)41)10-24(49-14)50-19-12-34(47,20(38)13-37)11-16-26(19)33(46)28-27(31(16)44)30(43)15-4-3-5-18(48-2)25(15)32(28)45;1-10-22(31)13(28)6-17(38-10)39-15-8-27(36,16(30)9-29)7-12-19(15)26(35)21-20(24(12)33)23(32)11-4-3-5-14(37-2)18(11)25(21)34;14-7-1-2-8(15)12(7)6-5-11(18)19-13-9(16)3-4-10(13)17;9-5-1-2-6(10)8(5)4-3-7(11)12;6-3-1-2-4(7)5(3)8/h3-7,14,17,19,24,29,37,42,44,46-47H,8-13H2,1-2H3,(H,35,39);3-5,10,13,15,17,22,29,31,33,35-36H,6-9,28H2,1-2H3;1-2H,3-6H2;1-2H,3-4H2,(H,11,12);8H,1-2H2/t14-,17-,19-,24+,29+,34+;10-,13-,15-,17+,22+,27+;;;/m00.../s1. The number of aliphatic hydroxyl groups is 6. The lowest BCUT2D eigenvalue weighted by atomic mass is 9.72. The fourth-order valence-corrected chi connectivity index (χ4v) is 15.8. The third-order valence-electron chi connectivity index (χ3n) is 22.5. The van der Waals surface area contributed by atoms with Gasteiger partial charge in [-0.1, -0.05) is 24.3 Å². The van der Waals surface area contributed by atoms with Crippen LogP contribution in [0.25, 0.3) is 0 Å². The predicted molar refractivity (Wildman–Crippen MR) is 417 cm³/mol. The second-order valence-electron chi connectivity index (χ2n) is 30.6. The van der Waals surface area contributed by atoms with E-state index in [0.717, 1.165) is 51.2 Å². The number of carboxylic acid groups (broad SMARTS) is 1. The van der Waals surface area contributed by atoms with Gasteiger partial charge in [-0.3, -0.25) is 106 Å². The van der Waals surface area contributed by atoms with Crippen molar-refractivity contribution < 1.29 is 186 Å². The number of aliphatic carboxylic acids is 1. The Balaban J connectivity index is 0.000000177. The van der Waals surface area contributed by atoms with Gasteiger partial charge < -0.3 is 100 Å². The van der Waals surface area contributed by atoms with Gasteiger partial charge in [-0.2, -0.15) is 5.06 Å². The smallest absolute Gasteiger partial charge is 0.335 e. The van der Waals surface area contributed by atoms with Gasteiger partial charge >= 0.3 is 11.9 Å². The largest absolute Gasteiger partial charge is 0.507 e. The molecule has 0 unspecified atom stereocenters. The van der Waals surface area contributed by atoms with E-state index >= 15 is 0 Å². The summed E-state index contributed by atoms with van der Waals surface area (Å²) in [5.41, 5.74) is -1.81. The Morgan fingerprint density at radius 3 is 1.23 bits per heavy atom. The van der Waals surface area contributed by atoms with Gasteiger partial charge in [0.1, 0.15) is 65.0 Å². The first-order chi connectivity index (χ1) is 60.4. The molecule has 15 rings (SSSR count). The van der Waals surface area contributed by atoms with E-state index in [0.29, 0.717) is 5.06 Å². The quantitative estimate of drug-likeness (QED) is 0.0198. The predicted octanol–water partition coefficient (Wildman–Crippen LogP) is -2.71. The molecular formula is C83H85N7O38. The van der Waals surface area contributed by atoms with Crippen LogP contribution in [0.15, 0.2) is 72.9 Å². The fourth-order valence-electron chi connectivity index (χ4n) is 15.8. The number of carbonyl (C=O) groups excluding carboxylic acids is 18. The number of aliphatic hydroxyl groups excluding tert-OH is 4. The van der Waals surface area contributed by atoms with Crippen LogP contribution >= 0.6 is 0 Å². The van der Waals surface area contributed by atoms with E-state index in [2.05, 4.69) is 10.2 Å². The zero-order chi connectivity index (χ0) is 93.9. The number of methoxy groups -OCH3 is 2. The lowest BCUT2D eigenvalue weighted by molar-refractivity contribution is -0.249. The van der Waals surface area contributed by atoms with Gasteiger partial charge in [-0.05, 0) is 26.0 Å². The molecule has 7 aliphatic heterocycles. The van der Waals surface area contributed by atoms with Gasteiger partial charge in [-0.15, -0.1) is 5.06 Å². The Morgan fingerprint density at radius 1 is 0.500 bits per heavy atom. The number of phenolic OH excluding ortho intramolecular Hbond substituents is 4. The average molecular weight is 1790 g/mol. The minimum Gasteiger partial charge on any atom is -0.507 e. The zero-order valence-corrected chi connectivity index (χ0v) is 68.2. The van der Waals surface area contributed by atoms with Crippen molar-refractivity contribution in [2.45, 2.75) is 170 Å². The second-order valence-corrected chi connectivity index (χ2v) is 30.6. The lowest BCUT2D eigenvalue weighted by Gasteiger charge is -2.43. The molecule has 0 radical (unpaired) electrons. The van der Waals surface area contributed by atoms with Crippen LogP contribution in [-0.2, 0) is 109 Å². The Labute approximate surface area is 721 Å². The molecule has 7 heterocycles. The molecule has 4 aromatic carbocycles. The maximum absolute atomic E-state index is 13.9. The van der Waals surface area contributed by atoms with Gasteiger partial charge in [0.05, 0.1) is 97.0 Å². The Kier molecular flexibility index (Phi) is 28.9. The molecular weight excluding hydrogens is 1700 g/mol. The number of ether oxygens (including phenoxy) is 6. The number of nitrogens with one attached hydrogen (secondary N) is 1. The Morgan fingerprint density at radius 2 is 0.867 bits per heavy atom. The van der Waals surface area contributed by atoms with Gasteiger partial charge in [0.15, 0.2) is 35.7 Å². The second kappa shape index (κ2) is 38.8. The molecule has 11 amide bonds. The minimum atomic E-state index is -2.36. The summed E-state index contributed by atoms with van der Waals surface area (Å²) in [6, 6.07) is 6.91. The number of phenols is 4. The number of imide groups is 5. The van der Waals surface area contributed by atoms with Crippen molar-refractivity contribution in [3.63, 3.8) is 0 Å². The molecule has 15 N–H and O–H groups in total. The summed E-state index contributed by atoms with van der Waals surface area (Å²) >= 11 is 0. The van der Waals surface area contributed by atoms with E-state index < -0.39 is 268 Å². The SMILES string of the molecule is COc1cccc2c1C(=O)c1c(O)c3c(c(O)c1C2=O)C[C@](O)(C(=O)CO)C[C@@H]3O[C@@H]1C[C@H](N)[C@H](O)[C@H](C)O1.COc1cccc2c1C(=O)c1c(O)c3c(c(O)c1C2=O)C[C@](O)(C(=O)CO)C[C@@H]3O[C@@H]1C[C@H](NC(=O)CCN2C(=O)C=CC2=O)[C@H](O)[C@H](C)O1.O=C(CCN1C(=O)C=CC1=O)ON1C(=O)CCC1=O.O=C(O)CCN1C(=O)C=CC1=O.O=C1CCC(=O)N1O. The number of benzene rings is 4. The Hall–Kier alpha value is -13.4. The van der Waals surface area contributed by atoms with Crippen LogP contribution < -0.4 is 20.5 Å². The number of carboxylic acids is 1. The molecule has 11 aliphatic rings. The van der Waals surface area contributed by atoms with Crippen LogP contribution in [0.1, 0.15) is 183 Å². The van der Waals surface area contributed by atoms with Gasteiger partial charge in [0.25, 0.3) is 59.1 Å². The van der Waals surface area contributed by atoms with Crippen LogP contribution in [0.3, 0.4) is 0 Å². The first-order valence-corrected chi connectivity index (χ1v) is 39.4. The topological polar surface area (TPSA) is 686 Å². The molecule has 0 spiro atoms. The van der Waals surface area contributed by atoms with Crippen LogP contribution in [-0.4, -0.2) is 305 Å². The molecule has 4 fully saturated rings. The van der Waals surface area contributed by atoms with Crippen molar-refractivity contribution in [3.05, 3.63) is 140 Å². The molecule has 4 aliphatic carbocycles. The van der Waals surface area contributed by atoms with Crippen LogP contribution in [0, 0.1) is 0 Å². The highest BCUT2D eigenvalue weighted by atomic mass is 16.7. The third kappa shape index (κ3) is 19.1. The van der Waals surface area contributed by atoms with Crippen molar-refractivity contribution in [2.24, 2.45) is 5.73 Å². The molecule has 45 heteroatoms. The maximum atomic E-state index is 13.9. The first-order valence-electron chi connectivity index (χ1n) is 39.4. The normalized spacial score (nSPS) is 25.2. The number of nitrogens with zero attached hydrogens (tertiary/aromatic N) is 5. The molecule has 12 atom stereocenters. The number of fused-ring (bicyclic) bond motifs is 6. The summed E-state index contributed by atoms with van der Waals surface area (Å²) < 4.78 is 34.3. The number of hydrogen-bond donors (Lipinski definition) is 14. The molecule has 128 heavy (non-hydrogen) atoms. The summed E-state index contributed by atoms with van der Waals surface area (Å²) in [6.45, 7) is 0.542. The van der Waals surface area contributed by atoms with Crippen molar-refractivity contribution in [2.75, 3.05) is 47.1 Å². The number of ketones is 6. The molecule has 0 saturated carbocycles. The number of hydroxylamine groups is 4. The van der Waals surface area contributed by atoms with E-state index in [1.807, 2.05) is 0 Å². The maximum Gasteiger partial charge on any atom is 0.335 e. The number of amides is 11. The fraction of sp³-hybridized carbons (Fsp3) is 0.410. The summed E-state index contributed by atoms with van der Waals surface area (Å²) in [7, 11) is 2.61. The van der Waals surface area contributed by atoms with Crippen LogP contribution in [0.5, 0.6) is 34.5 Å². The molecule has 0 aromatic heterocycles. The molecule has 4 saturated heterocycles. The van der Waals surface area contributed by atoms with E-state index in [9.17, 15) is 142 Å². The Bertz CT molecular complexity index is 5380. The van der Waals surface area contributed by atoms with Gasteiger partial charge in [-0.25, -0.2) is 4.79 Å². The van der Waals surface area contributed by atoms with E-state index in [1.54, 1.807) is 6.92 Å². The number of carbonyl (C=O) groups is 19. The van der Waals surface area contributed by atoms with Crippen molar-refractivity contribution >= 4 is 112 Å². The average Bonchev–Trinajstić information content (AvgIpc) is 1.34. The summed E-state index contributed by atoms with van der Waals surface area (Å²) in [5.74, 6) is -15.6. The summed E-state index contributed by atoms with van der Waals surface area (Å²) in [6.07, 6.45) is -5.38. The highest BCUT2D eigenvalue weighted by Gasteiger charge is 2.54. The van der Waals surface area contributed by atoms with Crippen LogP contribution in [0.2, 0.25) is 0 Å². The highest BCUT2D eigenvalue weighted by molar-refractivity contribution is 6.33. The van der Waals surface area contributed by atoms with E-state index in [-0.39, 0.29) is 138 Å². The highest BCUT2D eigenvalue weighted by Crippen LogP contribution is 2.55. The number of nitrogens with two attached hydrogens (primary N) is 1. The molecule has 680 valence electrons. The molecule has 45 nitrogen and oxygen atoms in total. The molecule has 0 bridgehead atoms. The van der Waals surface area contributed by atoms with Crippen molar-refractivity contribution in [1.29, 1.82) is 0 Å². The zero-order valence-electron chi connectivity index (χ0n) is 68.2. The lowest BCUT2D eigenvalue weighted by Crippen LogP contribution is -2.56. The van der Waals surface area contributed by atoms with Crippen molar-refractivity contribution in [1.82, 2.24) is 30.1 Å². The first kappa shape index (κ1) is 95.2. The third-order valence-corrected chi connectivity index (χ3v) is 22.5. The van der Waals surface area contributed by atoms with E-state index in [4.69, 9.17) is 44.5 Å². The number of aromatic hydroxyl groups is 4. The number of hydrogen-bond acceptors (Lipinski definition) is 38.